The van der Waals surface area contributed by atoms with Gasteiger partial charge in [-0.05, 0) is 49.1 Å². The van der Waals surface area contributed by atoms with E-state index in [0.717, 1.165) is 43.6 Å². The summed E-state index contributed by atoms with van der Waals surface area (Å²) in [5.41, 5.74) is 2.46. The third-order valence-corrected chi connectivity index (χ3v) is 4.98. The molecule has 1 fully saturated rings. The molecule has 1 aromatic heterocycles. The Morgan fingerprint density at radius 2 is 2.22 bits per heavy atom. The minimum atomic E-state index is -0.0802. The number of hydrogen-bond acceptors (Lipinski definition) is 5. The highest BCUT2D eigenvalue weighted by Crippen LogP contribution is 2.23. The lowest BCUT2D eigenvalue weighted by atomic mass is 9.99. The molecule has 3 rings (SSSR count). The minimum Gasteiger partial charge on any atom is -0.495 e. The lowest BCUT2D eigenvalue weighted by Crippen LogP contribution is -2.41. The third-order valence-electron chi connectivity index (χ3n) is 4.98. The van der Waals surface area contributed by atoms with Crippen molar-refractivity contribution >= 4 is 5.91 Å². The van der Waals surface area contributed by atoms with E-state index in [1.807, 2.05) is 30.3 Å². The maximum atomic E-state index is 12.5. The van der Waals surface area contributed by atoms with Crippen LogP contribution in [0.3, 0.4) is 0 Å². The van der Waals surface area contributed by atoms with Gasteiger partial charge in [0.1, 0.15) is 5.75 Å². The fourth-order valence-corrected chi connectivity index (χ4v) is 3.46. The van der Waals surface area contributed by atoms with Crippen LogP contribution in [-0.2, 0) is 0 Å². The molecular weight excluding hydrogens is 342 g/mol. The summed E-state index contributed by atoms with van der Waals surface area (Å²) in [6, 6.07) is 9.41. The highest BCUT2D eigenvalue weighted by atomic mass is 16.5. The largest absolute Gasteiger partial charge is 0.495 e. The zero-order chi connectivity index (χ0) is 19.1. The van der Waals surface area contributed by atoms with Crippen molar-refractivity contribution in [3.8, 4) is 16.9 Å². The molecule has 27 heavy (non-hydrogen) atoms. The van der Waals surface area contributed by atoms with Gasteiger partial charge in [0.15, 0.2) is 0 Å². The van der Waals surface area contributed by atoms with Crippen LogP contribution < -0.4 is 10.1 Å². The van der Waals surface area contributed by atoms with Crippen LogP contribution >= 0.6 is 0 Å². The number of nitrogens with one attached hydrogen (secondary N) is 1. The van der Waals surface area contributed by atoms with E-state index in [9.17, 15) is 9.90 Å². The Morgan fingerprint density at radius 1 is 1.33 bits per heavy atom. The number of methoxy groups -OCH3 is 1. The molecule has 1 aromatic carbocycles. The average molecular weight is 369 g/mol. The molecule has 0 spiro atoms. The second-order valence-corrected chi connectivity index (χ2v) is 6.94. The number of aromatic nitrogens is 1. The number of hydrogen-bond donors (Lipinski definition) is 2. The third kappa shape index (κ3) is 5.28. The van der Waals surface area contributed by atoms with E-state index < -0.39 is 0 Å². The van der Waals surface area contributed by atoms with Crippen LogP contribution in [0.5, 0.6) is 5.75 Å². The second kappa shape index (κ2) is 9.48. The highest BCUT2D eigenvalue weighted by Gasteiger charge is 2.18. The molecule has 0 unspecified atom stereocenters. The van der Waals surface area contributed by atoms with Crippen molar-refractivity contribution in [1.82, 2.24) is 15.2 Å². The summed E-state index contributed by atoms with van der Waals surface area (Å²) in [4.78, 5) is 19.0. The van der Waals surface area contributed by atoms with Gasteiger partial charge in [0.05, 0.1) is 13.3 Å². The lowest BCUT2D eigenvalue weighted by molar-refractivity contribution is 0.0930. The van der Waals surface area contributed by atoms with Gasteiger partial charge in [-0.1, -0.05) is 12.1 Å². The predicted octanol–water partition coefficient (Wildman–Crippen LogP) is 2.19. The number of benzene rings is 1. The van der Waals surface area contributed by atoms with E-state index in [4.69, 9.17) is 4.74 Å². The van der Waals surface area contributed by atoms with Crippen molar-refractivity contribution in [2.45, 2.75) is 12.8 Å². The molecule has 2 N–H and O–H groups in total. The van der Waals surface area contributed by atoms with Crippen molar-refractivity contribution < 1.29 is 14.6 Å². The van der Waals surface area contributed by atoms with Crippen LogP contribution in [0, 0.1) is 5.92 Å². The molecule has 1 aliphatic heterocycles. The number of likely N-dealkylation sites (tertiary alicyclic amines) is 1. The van der Waals surface area contributed by atoms with Gasteiger partial charge in [-0.3, -0.25) is 9.78 Å². The fourth-order valence-electron chi connectivity index (χ4n) is 3.46. The molecule has 1 atom stereocenters. The molecule has 144 valence electrons. The van der Waals surface area contributed by atoms with Crippen LogP contribution in [0.25, 0.3) is 11.1 Å². The quantitative estimate of drug-likeness (QED) is 0.783. The normalized spacial score (nSPS) is 17.5. The number of amides is 1. The molecule has 0 aliphatic carbocycles. The van der Waals surface area contributed by atoms with Crippen LogP contribution in [0.15, 0.2) is 42.7 Å². The van der Waals surface area contributed by atoms with Gasteiger partial charge in [0.2, 0.25) is 0 Å². The average Bonchev–Trinajstić information content (AvgIpc) is 2.74. The SMILES string of the molecule is COc1cncc(-c2cccc(C(=O)NCCN3CCC[C@H](CO)C3)c2)c1. The van der Waals surface area contributed by atoms with Crippen LogP contribution in [0.4, 0.5) is 0 Å². The monoisotopic (exact) mass is 369 g/mol. The first-order valence-electron chi connectivity index (χ1n) is 9.40. The molecule has 6 nitrogen and oxygen atoms in total. The molecule has 1 saturated heterocycles. The van der Waals surface area contributed by atoms with Crippen molar-refractivity contribution in [2.75, 3.05) is 39.9 Å². The first kappa shape index (κ1) is 19.3. The Hall–Kier alpha value is -2.44. The van der Waals surface area contributed by atoms with Crippen LogP contribution in [0.1, 0.15) is 23.2 Å². The number of carbonyl (C=O) groups excluding carboxylic acids is 1. The van der Waals surface area contributed by atoms with E-state index in [0.29, 0.717) is 23.8 Å². The smallest absolute Gasteiger partial charge is 0.251 e. The van der Waals surface area contributed by atoms with E-state index in [1.165, 1.54) is 0 Å². The lowest BCUT2D eigenvalue weighted by Gasteiger charge is -2.31. The maximum Gasteiger partial charge on any atom is 0.251 e. The molecular formula is C21H27N3O3. The van der Waals surface area contributed by atoms with Crippen molar-refractivity contribution in [3.05, 3.63) is 48.3 Å². The molecule has 1 amide bonds. The zero-order valence-corrected chi connectivity index (χ0v) is 15.7. The Kier molecular flexibility index (Phi) is 6.79. The summed E-state index contributed by atoms with van der Waals surface area (Å²) in [6.07, 6.45) is 5.61. The molecule has 6 heteroatoms. The summed E-state index contributed by atoms with van der Waals surface area (Å²) in [5, 5.41) is 12.3. The van der Waals surface area contributed by atoms with E-state index in [1.54, 1.807) is 19.5 Å². The van der Waals surface area contributed by atoms with Crippen molar-refractivity contribution in [1.29, 1.82) is 0 Å². The number of aliphatic hydroxyl groups excluding tert-OH is 1. The molecule has 2 aromatic rings. The fraction of sp³-hybridized carbons (Fsp3) is 0.429. The zero-order valence-electron chi connectivity index (χ0n) is 15.7. The summed E-state index contributed by atoms with van der Waals surface area (Å²) in [5.74, 6) is 0.969. The van der Waals surface area contributed by atoms with Gasteiger partial charge < -0.3 is 20.1 Å². The van der Waals surface area contributed by atoms with Gasteiger partial charge >= 0.3 is 0 Å². The predicted molar refractivity (Wildman–Crippen MR) is 105 cm³/mol. The van der Waals surface area contributed by atoms with Gasteiger partial charge in [-0.25, -0.2) is 0 Å². The summed E-state index contributed by atoms with van der Waals surface area (Å²) in [6.45, 7) is 3.59. The van der Waals surface area contributed by atoms with Gasteiger partial charge in [-0.2, -0.15) is 0 Å². The minimum absolute atomic E-state index is 0.0802. The van der Waals surface area contributed by atoms with E-state index in [-0.39, 0.29) is 12.5 Å². The number of rotatable bonds is 7. The van der Waals surface area contributed by atoms with Crippen molar-refractivity contribution in [2.24, 2.45) is 5.92 Å². The highest BCUT2D eigenvalue weighted by molar-refractivity contribution is 5.95. The molecule has 0 saturated carbocycles. The molecule has 2 heterocycles. The second-order valence-electron chi connectivity index (χ2n) is 6.94. The number of pyridine rings is 1. The number of piperidine rings is 1. The molecule has 0 bridgehead atoms. The van der Waals surface area contributed by atoms with Gasteiger partial charge in [-0.15, -0.1) is 0 Å². The van der Waals surface area contributed by atoms with Crippen molar-refractivity contribution in [3.63, 3.8) is 0 Å². The number of ether oxygens (including phenoxy) is 1. The topological polar surface area (TPSA) is 74.7 Å². The van der Waals surface area contributed by atoms with E-state index in [2.05, 4.69) is 15.2 Å². The number of aliphatic hydroxyl groups is 1. The summed E-state index contributed by atoms with van der Waals surface area (Å²) in [7, 11) is 1.61. The van der Waals surface area contributed by atoms with Crippen LogP contribution in [0.2, 0.25) is 0 Å². The molecule has 1 aliphatic rings. The first-order valence-corrected chi connectivity index (χ1v) is 9.40. The van der Waals surface area contributed by atoms with Crippen LogP contribution in [-0.4, -0.2) is 60.8 Å². The Balaban J connectivity index is 1.57. The molecule has 0 radical (unpaired) electrons. The summed E-state index contributed by atoms with van der Waals surface area (Å²) < 4.78 is 5.22. The maximum absolute atomic E-state index is 12.5. The Morgan fingerprint density at radius 3 is 3.04 bits per heavy atom. The number of carbonyl (C=O) groups is 1. The number of nitrogens with zero attached hydrogens (tertiary/aromatic N) is 2. The van der Waals surface area contributed by atoms with Gasteiger partial charge in [0.25, 0.3) is 5.91 Å². The first-order chi connectivity index (χ1) is 13.2. The van der Waals surface area contributed by atoms with Gasteiger partial charge in [0, 0.05) is 43.6 Å². The Bertz CT molecular complexity index is 766. The standard InChI is InChI=1S/C21H27N3O3/c1-27-20-11-19(12-22-13-20)17-5-2-6-18(10-17)21(26)23-7-9-24-8-3-4-16(14-24)15-25/h2,5-6,10-13,16,25H,3-4,7-9,14-15H2,1H3,(H,23,26)/t16-/m0/s1. The summed E-state index contributed by atoms with van der Waals surface area (Å²) >= 11 is 0. The van der Waals surface area contributed by atoms with E-state index >= 15 is 0 Å². The Labute approximate surface area is 160 Å².